The highest BCUT2D eigenvalue weighted by Gasteiger charge is 2.02. The Morgan fingerprint density at radius 2 is 1.69 bits per heavy atom. The van der Waals surface area contributed by atoms with Crippen LogP contribution in [-0.2, 0) is 0 Å². The van der Waals surface area contributed by atoms with Crippen molar-refractivity contribution in [1.82, 2.24) is 0 Å². The van der Waals surface area contributed by atoms with Crippen molar-refractivity contribution in [3.8, 4) is 5.75 Å². The molecule has 0 saturated carbocycles. The van der Waals surface area contributed by atoms with E-state index in [1.54, 1.807) is 18.9 Å². The summed E-state index contributed by atoms with van der Waals surface area (Å²) in [7, 11) is 1.67. The van der Waals surface area contributed by atoms with Gasteiger partial charge in [0.25, 0.3) is 0 Å². The lowest BCUT2D eigenvalue weighted by atomic mass is 10.1. The Morgan fingerprint density at radius 1 is 0.923 bits per heavy atom. The Kier molecular flexibility index (Phi) is 6.29. The van der Waals surface area contributed by atoms with Crippen LogP contribution in [0.3, 0.4) is 0 Å². The van der Waals surface area contributed by atoms with E-state index in [0.717, 1.165) is 22.7 Å². The molecule has 0 aliphatic rings. The van der Waals surface area contributed by atoms with Gasteiger partial charge >= 0.3 is 0 Å². The van der Waals surface area contributed by atoms with Gasteiger partial charge in [0.15, 0.2) is 0 Å². The number of thioether (sulfide) groups is 1. The van der Waals surface area contributed by atoms with Crippen molar-refractivity contribution in [2.24, 2.45) is 4.99 Å². The van der Waals surface area contributed by atoms with Gasteiger partial charge in [-0.1, -0.05) is 47.7 Å². The van der Waals surface area contributed by atoms with E-state index in [0.29, 0.717) is 0 Å². The molecule has 0 aliphatic heterocycles. The van der Waals surface area contributed by atoms with Gasteiger partial charge in [-0.2, -0.15) is 0 Å². The van der Waals surface area contributed by atoms with Crippen molar-refractivity contribution in [2.75, 3.05) is 7.11 Å². The largest absolute Gasteiger partial charge is 0.497 e. The molecule has 0 fully saturated rings. The average Bonchev–Trinajstić information content (AvgIpc) is 2.68. The topological polar surface area (TPSA) is 21.6 Å². The number of aliphatic imine (C=N–C) groups is 1. The van der Waals surface area contributed by atoms with Crippen LogP contribution in [-0.4, -0.2) is 12.8 Å². The zero-order chi connectivity index (χ0) is 18.2. The van der Waals surface area contributed by atoms with Crippen LogP contribution in [0.25, 0.3) is 0 Å². The van der Waals surface area contributed by atoms with Gasteiger partial charge in [0, 0.05) is 10.5 Å². The van der Waals surface area contributed by atoms with Crippen molar-refractivity contribution in [3.05, 3.63) is 101 Å². The molecule has 0 spiro atoms. The molecule has 3 heteroatoms. The number of benzene rings is 3. The third kappa shape index (κ3) is 5.11. The predicted octanol–water partition coefficient (Wildman–Crippen LogP) is 6.43. The minimum Gasteiger partial charge on any atom is -0.497 e. The zero-order valence-corrected chi connectivity index (χ0v) is 15.7. The number of hydrogen-bond donors (Lipinski definition) is 0. The number of nitrogens with zero attached hydrogens (tertiary/aromatic N) is 1. The van der Waals surface area contributed by atoms with Gasteiger partial charge in [0.1, 0.15) is 5.75 Å². The standard InChI is InChI=1S/C23H21NOS/c1-18-7-6-10-22(17-18)26-16-15-23(24-20-8-4-3-5-9-20)19-11-13-21(25-2)14-12-19/h3-17H,1-2H3. The van der Waals surface area contributed by atoms with Gasteiger partial charge in [0.05, 0.1) is 18.5 Å². The van der Waals surface area contributed by atoms with Crippen LogP contribution in [0.5, 0.6) is 5.75 Å². The van der Waals surface area contributed by atoms with Crippen molar-refractivity contribution in [1.29, 1.82) is 0 Å². The molecule has 3 rings (SSSR count). The van der Waals surface area contributed by atoms with Gasteiger partial charge in [-0.05, 0) is 66.9 Å². The first-order valence-electron chi connectivity index (χ1n) is 8.42. The number of hydrogen-bond acceptors (Lipinski definition) is 3. The maximum absolute atomic E-state index is 5.26. The highest BCUT2D eigenvalue weighted by atomic mass is 32.2. The van der Waals surface area contributed by atoms with Crippen LogP contribution < -0.4 is 4.74 Å². The third-order valence-electron chi connectivity index (χ3n) is 3.81. The molecule has 0 heterocycles. The highest BCUT2D eigenvalue weighted by Crippen LogP contribution is 2.22. The summed E-state index contributed by atoms with van der Waals surface area (Å²) in [6.07, 6.45) is 2.06. The second-order valence-electron chi connectivity index (χ2n) is 5.80. The fourth-order valence-electron chi connectivity index (χ4n) is 2.47. The van der Waals surface area contributed by atoms with E-state index < -0.39 is 0 Å². The number of para-hydroxylation sites is 1. The minimum atomic E-state index is 0.839. The predicted molar refractivity (Wildman–Crippen MR) is 112 cm³/mol. The molecule has 0 saturated heterocycles. The van der Waals surface area contributed by atoms with Crippen molar-refractivity contribution in [2.45, 2.75) is 11.8 Å². The lowest BCUT2D eigenvalue weighted by Crippen LogP contribution is -1.96. The quantitative estimate of drug-likeness (QED) is 0.373. The molecule has 3 aromatic rings. The summed E-state index contributed by atoms with van der Waals surface area (Å²) in [5.41, 5.74) is 4.16. The second kappa shape index (κ2) is 9.07. The number of allylic oxidation sites excluding steroid dienone is 1. The van der Waals surface area contributed by atoms with Crippen LogP contribution in [0.4, 0.5) is 5.69 Å². The average molecular weight is 359 g/mol. The molecule has 0 amide bonds. The molecule has 0 radical (unpaired) electrons. The van der Waals surface area contributed by atoms with Gasteiger partial charge in [-0.3, -0.25) is 0 Å². The Labute approximate surface area is 159 Å². The maximum Gasteiger partial charge on any atom is 0.118 e. The van der Waals surface area contributed by atoms with E-state index in [-0.39, 0.29) is 0 Å². The monoisotopic (exact) mass is 359 g/mol. The van der Waals surface area contributed by atoms with Crippen LogP contribution in [0, 0.1) is 6.92 Å². The zero-order valence-electron chi connectivity index (χ0n) is 14.9. The van der Waals surface area contributed by atoms with E-state index in [1.807, 2.05) is 54.6 Å². The normalized spacial score (nSPS) is 11.7. The molecule has 3 aromatic carbocycles. The molecule has 26 heavy (non-hydrogen) atoms. The molecular weight excluding hydrogens is 338 g/mol. The Hall–Kier alpha value is -2.78. The molecule has 130 valence electrons. The molecule has 0 bridgehead atoms. The summed E-state index contributed by atoms with van der Waals surface area (Å²) < 4.78 is 5.26. The molecule has 0 N–H and O–H groups in total. The molecule has 0 atom stereocenters. The lowest BCUT2D eigenvalue weighted by Gasteiger charge is -2.05. The van der Waals surface area contributed by atoms with Gasteiger partial charge in [-0.15, -0.1) is 0 Å². The molecule has 0 aliphatic carbocycles. The first kappa shape index (κ1) is 18.0. The van der Waals surface area contributed by atoms with Gasteiger partial charge < -0.3 is 4.74 Å². The van der Waals surface area contributed by atoms with Gasteiger partial charge in [0.2, 0.25) is 0 Å². The third-order valence-corrected chi connectivity index (χ3v) is 4.61. The van der Waals surface area contributed by atoms with E-state index in [9.17, 15) is 0 Å². The number of aryl methyl sites for hydroxylation is 1. The van der Waals surface area contributed by atoms with Crippen molar-refractivity contribution >= 4 is 23.2 Å². The lowest BCUT2D eigenvalue weighted by molar-refractivity contribution is 0.415. The highest BCUT2D eigenvalue weighted by molar-refractivity contribution is 8.02. The van der Waals surface area contributed by atoms with Crippen LogP contribution in [0.15, 0.2) is 100 Å². The number of ether oxygens (including phenoxy) is 1. The molecule has 0 aromatic heterocycles. The fourth-order valence-corrected chi connectivity index (χ4v) is 3.23. The minimum absolute atomic E-state index is 0.839. The first-order chi connectivity index (χ1) is 12.7. The molecule has 0 unspecified atom stereocenters. The van der Waals surface area contributed by atoms with Crippen LogP contribution >= 0.6 is 11.8 Å². The summed E-state index contributed by atoms with van der Waals surface area (Å²) in [5, 5.41) is 2.08. The molecule has 2 nitrogen and oxygen atoms in total. The SMILES string of the molecule is COc1ccc(C(C=CSc2cccc(C)c2)=Nc2ccccc2)cc1. The Balaban J connectivity index is 1.87. The van der Waals surface area contributed by atoms with Crippen LogP contribution in [0.2, 0.25) is 0 Å². The smallest absolute Gasteiger partial charge is 0.118 e. The Bertz CT molecular complexity index is 899. The van der Waals surface area contributed by atoms with Crippen molar-refractivity contribution in [3.63, 3.8) is 0 Å². The van der Waals surface area contributed by atoms with E-state index >= 15 is 0 Å². The summed E-state index contributed by atoms with van der Waals surface area (Å²) in [4.78, 5) is 6.03. The summed E-state index contributed by atoms with van der Waals surface area (Å²) in [6, 6.07) is 26.4. The number of rotatable bonds is 6. The summed E-state index contributed by atoms with van der Waals surface area (Å²) in [5.74, 6) is 0.839. The maximum atomic E-state index is 5.26. The first-order valence-corrected chi connectivity index (χ1v) is 9.30. The number of methoxy groups -OCH3 is 1. The Morgan fingerprint density at radius 3 is 2.38 bits per heavy atom. The summed E-state index contributed by atoms with van der Waals surface area (Å²) in [6.45, 7) is 2.10. The fraction of sp³-hybridized carbons (Fsp3) is 0.0870. The van der Waals surface area contributed by atoms with E-state index in [1.165, 1.54) is 10.5 Å². The van der Waals surface area contributed by atoms with E-state index in [2.05, 4.69) is 42.7 Å². The second-order valence-corrected chi connectivity index (χ2v) is 6.78. The van der Waals surface area contributed by atoms with Crippen LogP contribution in [0.1, 0.15) is 11.1 Å². The van der Waals surface area contributed by atoms with Crippen molar-refractivity contribution < 1.29 is 4.74 Å². The van der Waals surface area contributed by atoms with E-state index in [4.69, 9.17) is 9.73 Å². The summed E-state index contributed by atoms with van der Waals surface area (Å²) >= 11 is 1.69. The van der Waals surface area contributed by atoms with Gasteiger partial charge in [-0.25, -0.2) is 4.99 Å². The molecular formula is C23H21NOS.